The standard InChI is InChI=1S/C17H13F3N2O2/c18-17(19,20)13-6-4-11(5-7-13)12-9-15(23)22(16(24)10-12)14-3-1-2-8-21-14/h1-8,12H,9-10H2. The Kier molecular flexibility index (Phi) is 4.09. The third kappa shape index (κ3) is 3.15. The summed E-state index contributed by atoms with van der Waals surface area (Å²) in [6.45, 7) is 0. The quantitative estimate of drug-likeness (QED) is 0.790. The van der Waals surface area contributed by atoms with Crippen LogP contribution < -0.4 is 4.90 Å². The number of hydrogen-bond acceptors (Lipinski definition) is 3. The first-order valence-electron chi connectivity index (χ1n) is 7.30. The van der Waals surface area contributed by atoms with Gasteiger partial charge in [0.05, 0.1) is 5.56 Å². The van der Waals surface area contributed by atoms with Crippen molar-refractivity contribution in [2.24, 2.45) is 0 Å². The van der Waals surface area contributed by atoms with Gasteiger partial charge in [-0.3, -0.25) is 9.59 Å². The molecule has 0 saturated carbocycles. The summed E-state index contributed by atoms with van der Waals surface area (Å²) in [6, 6.07) is 9.49. The van der Waals surface area contributed by atoms with Crippen LogP contribution in [-0.2, 0) is 15.8 Å². The topological polar surface area (TPSA) is 50.3 Å². The number of aromatic nitrogens is 1. The molecule has 0 unspecified atom stereocenters. The molecule has 1 aliphatic heterocycles. The number of hydrogen-bond donors (Lipinski definition) is 0. The lowest BCUT2D eigenvalue weighted by Crippen LogP contribution is -2.43. The van der Waals surface area contributed by atoms with E-state index in [4.69, 9.17) is 0 Å². The monoisotopic (exact) mass is 334 g/mol. The van der Waals surface area contributed by atoms with Crippen molar-refractivity contribution in [3.8, 4) is 0 Å². The number of carbonyl (C=O) groups excluding carboxylic acids is 2. The molecule has 4 nitrogen and oxygen atoms in total. The van der Waals surface area contributed by atoms with Gasteiger partial charge >= 0.3 is 6.18 Å². The number of carbonyl (C=O) groups is 2. The van der Waals surface area contributed by atoms with Crippen LogP contribution in [0.3, 0.4) is 0 Å². The van der Waals surface area contributed by atoms with Gasteiger partial charge in [-0.25, -0.2) is 9.88 Å². The van der Waals surface area contributed by atoms with E-state index in [0.29, 0.717) is 5.56 Å². The molecule has 24 heavy (non-hydrogen) atoms. The van der Waals surface area contributed by atoms with Gasteiger partial charge in [-0.1, -0.05) is 18.2 Å². The maximum atomic E-state index is 12.6. The van der Waals surface area contributed by atoms with Crippen molar-refractivity contribution < 1.29 is 22.8 Å². The predicted octanol–water partition coefficient (Wildman–Crippen LogP) is 3.54. The molecule has 1 aromatic heterocycles. The zero-order valence-electron chi connectivity index (χ0n) is 12.5. The summed E-state index contributed by atoms with van der Waals surface area (Å²) in [5.41, 5.74) is -0.208. The van der Waals surface area contributed by atoms with Gasteiger partial charge < -0.3 is 0 Å². The molecule has 0 bridgehead atoms. The third-order valence-electron chi connectivity index (χ3n) is 3.93. The molecule has 0 radical (unpaired) electrons. The second-order valence-corrected chi connectivity index (χ2v) is 5.54. The summed E-state index contributed by atoms with van der Waals surface area (Å²) in [7, 11) is 0. The van der Waals surface area contributed by atoms with Crippen molar-refractivity contribution in [3.63, 3.8) is 0 Å². The van der Waals surface area contributed by atoms with Crippen molar-refractivity contribution in [3.05, 3.63) is 59.8 Å². The number of benzene rings is 1. The summed E-state index contributed by atoms with van der Waals surface area (Å²) < 4.78 is 37.8. The van der Waals surface area contributed by atoms with Crippen LogP contribution in [0.5, 0.6) is 0 Å². The highest BCUT2D eigenvalue weighted by Gasteiger charge is 2.35. The van der Waals surface area contributed by atoms with E-state index >= 15 is 0 Å². The normalized spacial score (nSPS) is 16.5. The number of pyridine rings is 1. The molecule has 1 aromatic carbocycles. The molecule has 0 N–H and O–H groups in total. The molecule has 2 aromatic rings. The minimum atomic E-state index is -4.41. The second-order valence-electron chi connectivity index (χ2n) is 5.54. The molecule has 1 aliphatic rings. The van der Waals surface area contributed by atoms with Crippen LogP contribution >= 0.6 is 0 Å². The number of alkyl halides is 3. The smallest absolute Gasteiger partial charge is 0.274 e. The number of nitrogens with zero attached hydrogens (tertiary/aromatic N) is 2. The van der Waals surface area contributed by atoms with Crippen molar-refractivity contribution in [1.29, 1.82) is 0 Å². The largest absolute Gasteiger partial charge is 0.416 e. The summed E-state index contributed by atoms with van der Waals surface area (Å²) >= 11 is 0. The first-order chi connectivity index (χ1) is 11.4. The number of rotatable bonds is 2. The highest BCUT2D eigenvalue weighted by atomic mass is 19.4. The van der Waals surface area contributed by atoms with Gasteiger partial charge in [0.25, 0.3) is 0 Å². The first kappa shape index (κ1) is 16.2. The Morgan fingerprint density at radius 3 is 2.08 bits per heavy atom. The van der Waals surface area contributed by atoms with Crippen LogP contribution in [0.2, 0.25) is 0 Å². The van der Waals surface area contributed by atoms with E-state index in [9.17, 15) is 22.8 Å². The van der Waals surface area contributed by atoms with E-state index in [1.165, 1.54) is 18.3 Å². The Bertz CT molecular complexity index is 740. The Balaban J connectivity index is 1.79. The fourth-order valence-electron chi connectivity index (χ4n) is 2.74. The minimum Gasteiger partial charge on any atom is -0.274 e. The van der Waals surface area contributed by atoms with E-state index in [0.717, 1.165) is 17.0 Å². The number of piperidine rings is 1. The fraction of sp³-hybridized carbons (Fsp3) is 0.235. The third-order valence-corrected chi connectivity index (χ3v) is 3.93. The van der Waals surface area contributed by atoms with Crippen LogP contribution in [0.15, 0.2) is 48.7 Å². The van der Waals surface area contributed by atoms with Crippen molar-refractivity contribution in [1.82, 2.24) is 4.98 Å². The number of halogens is 3. The lowest BCUT2D eigenvalue weighted by Gasteiger charge is -2.29. The lowest BCUT2D eigenvalue weighted by molar-refractivity contribution is -0.137. The van der Waals surface area contributed by atoms with E-state index in [1.54, 1.807) is 18.2 Å². The molecule has 2 heterocycles. The molecule has 1 fully saturated rings. The molecular weight excluding hydrogens is 321 g/mol. The van der Waals surface area contributed by atoms with Gasteiger partial charge in [0.1, 0.15) is 5.82 Å². The lowest BCUT2D eigenvalue weighted by atomic mass is 9.88. The van der Waals surface area contributed by atoms with Crippen molar-refractivity contribution in [2.75, 3.05) is 4.90 Å². The number of imide groups is 1. The molecule has 0 aliphatic carbocycles. The Morgan fingerprint density at radius 1 is 0.958 bits per heavy atom. The van der Waals surface area contributed by atoms with Crippen LogP contribution in [-0.4, -0.2) is 16.8 Å². The van der Waals surface area contributed by atoms with Crippen LogP contribution in [0.1, 0.15) is 29.9 Å². The molecule has 7 heteroatoms. The second kappa shape index (κ2) is 6.07. The van der Waals surface area contributed by atoms with Gasteiger partial charge in [-0.15, -0.1) is 0 Å². The summed E-state index contributed by atoms with van der Waals surface area (Å²) in [4.78, 5) is 29.6. The summed E-state index contributed by atoms with van der Waals surface area (Å²) in [5.74, 6) is -0.977. The van der Waals surface area contributed by atoms with Gasteiger partial charge in [0.15, 0.2) is 0 Å². The van der Waals surface area contributed by atoms with Gasteiger partial charge in [0.2, 0.25) is 11.8 Å². The molecule has 2 amide bonds. The van der Waals surface area contributed by atoms with E-state index in [-0.39, 0.29) is 18.7 Å². The molecule has 0 spiro atoms. The molecule has 0 atom stereocenters. The summed E-state index contributed by atoms with van der Waals surface area (Å²) in [5, 5.41) is 0. The Labute approximate surface area is 135 Å². The fourth-order valence-corrected chi connectivity index (χ4v) is 2.74. The van der Waals surface area contributed by atoms with Crippen molar-refractivity contribution in [2.45, 2.75) is 24.9 Å². The zero-order chi connectivity index (χ0) is 17.3. The van der Waals surface area contributed by atoms with Crippen LogP contribution in [0.25, 0.3) is 0 Å². The van der Waals surface area contributed by atoms with E-state index in [1.807, 2.05) is 0 Å². The zero-order valence-corrected chi connectivity index (χ0v) is 12.5. The van der Waals surface area contributed by atoms with E-state index in [2.05, 4.69) is 4.98 Å². The highest BCUT2D eigenvalue weighted by Crippen LogP contribution is 2.34. The summed E-state index contributed by atoms with van der Waals surface area (Å²) in [6.07, 6.45) is -2.83. The number of anilines is 1. The SMILES string of the molecule is O=C1CC(c2ccc(C(F)(F)F)cc2)CC(=O)N1c1ccccn1. The van der Waals surface area contributed by atoms with Gasteiger partial charge in [-0.05, 0) is 29.8 Å². The predicted molar refractivity (Wildman–Crippen MR) is 80.1 cm³/mol. The molecule has 1 saturated heterocycles. The van der Waals surface area contributed by atoms with Gasteiger partial charge in [-0.2, -0.15) is 13.2 Å². The van der Waals surface area contributed by atoms with Crippen LogP contribution in [0.4, 0.5) is 19.0 Å². The van der Waals surface area contributed by atoms with Gasteiger partial charge in [0, 0.05) is 25.0 Å². The maximum Gasteiger partial charge on any atom is 0.416 e. The number of amides is 2. The average molecular weight is 334 g/mol. The molecule has 3 rings (SSSR count). The Hall–Kier alpha value is -2.70. The molecular formula is C17H13F3N2O2. The molecule has 124 valence electrons. The Morgan fingerprint density at radius 2 is 1.58 bits per heavy atom. The van der Waals surface area contributed by atoms with Crippen molar-refractivity contribution >= 4 is 17.6 Å². The highest BCUT2D eigenvalue weighted by molar-refractivity contribution is 6.16. The minimum absolute atomic E-state index is 0.0493. The van der Waals surface area contributed by atoms with E-state index < -0.39 is 29.5 Å². The first-order valence-corrected chi connectivity index (χ1v) is 7.30. The average Bonchev–Trinajstić information content (AvgIpc) is 2.54. The maximum absolute atomic E-state index is 12.6. The van der Waals surface area contributed by atoms with Crippen LogP contribution in [0, 0.1) is 0 Å².